The lowest BCUT2D eigenvalue weighted by atomic mass is 10.0. The average Bonchev–Trinajstić information content (AvgIpc) is 2.47. The van der Waals surface area contributed by atoms with E-state index in [1.807, 2.05) is 24.3 Å². The Balaban J connectivity index is 2.15. The molecule has 88 valence electrons. The molecular formula is C14H11N3O. The van der Waals surface area contributed by atoms with Gasteiger partial charge in [0.2, 0.25) is 0 Å². The fourth-order valence-electron chi connectivity index (χ4n) is 1.98. The first-order valence-electron chi connectivity index (χ1n) is 5.64. The zero-order valence-corrected chi connectivity index (χ0v) is 9.56. The third-order valence-corrected chi connectivity index (χ3v) is 2.84. The number of hydrogen-bond acceptors (Lipinski definition) is 4. The van der Waals surface area contributed by atoms with Gasteiger partial charge in [-0.05, 0) is 23.1 Å². The van der Waals surface area contributed by atoms with Gasteiger partial charge in [-0.3, -0.25) is 4.98 Å². The predicted octanol–water partition coefficient (Wildman–Crippen LogP) is 2.11. The Bertz CT molecular complexity index is 665. The second-order valence-corrected chi connectivity index (χ2v) is 3.95. The van der Waals surface area contributed by atoms with Gasteiger partial charge in [-0.2, -0.15) is 0 Å². The van der Waals surface area contributed by atoms with Crippen LogP contribution in [0.2, 0.25) is 0 Å². The highest BCUT2D eigenvalue weighted by Gasteiger charge is 2.15. The summed E-state index contributed by atoms with van der Waals surface area (Å²) in [6.07, 6.45) is 5.91. The Kier molecular flexibility index (Phi) is 2.70. The van der Waals surface area contributed by atoms with E-state index in [-0.39, 0.29) is 0 Å². The first-order valence-corrected chi connectivity index (χ1v) is 5.64. The molecule has 18 heavy (non-hydrogen) atoms. The van der Waals surface area contributed by atoms with Crippen molar-refractivity contribution in [3.63, 3.8) is 0 Å². The van der Waals surface area contributed by atoms with Crippen LogP contribution >= 0.6 is 0 Å². The maximum absolute atomic E-state index is 10.3. The lowest BCUT2D eigenvalue weighted by molar-refractivity contribution is 0.211. The number of aliphatic hydroxyl groups excluding tert-OH is 1. The van der Waals surface area contributed by atoms with Gasteiger partial charge in [-0.1, -0.05) is 18.2 Å². The summed E-state index contributed by atoms with van der Waals surface area (Å²) in [7, 11) is 0. The molecule has 3 rings (SSSR count). The topological polar surface area (TPSA) is 58.9 Å². The highest BCUT2D eigenvalue weighted by Crippen LogP contribution is 2.26. The zero-order valence-electron chi connectivity index (χ0n) is 9.56. The standard InChI is InChI=1S/C14H11N3O/c18-13(14-16-6-2-7-17-14)12-4-1-3-10-9-15-8-5-11(10)12/h1-9,13,18H. The van der Waals surface area contributed by atoms with Crippen molar-refractivity contribution < 1.29 is 5.11 Å². The maximum Gasteiger partial charge on any atom is 0.161 e. The van der Waals surface area contributed by atoms with Gasteiger partial charge in [-0.25, -0.2) is 9.97 Å². The minimum Gasteiger partial charge on any atom is -0.380 e. The second kappa shape index (κ2) is 4.50. The van der Waals surface area contributed by atoms with Crippen LogP contribution in [0.5, 0.6) is 0 Å². The Morgan fingerprint density at radius 1 is 0.944 bits per heavy atom. The van der Waals surface area contributed by atoms with Crippen LogP contribution in [-0.4, -0.2) is 20.1 Å². The lowest BCUT2D eigenvalue weighted by Gasteiger charge is -2.11. The normalized spacial score (nSPS) is 12.5. The number of pyridine rings is 1. The third kappa shape index (κ3) is 1.83. The van der Waals surface area contributed by atoms with E-state index in [9.17, 15) is 5.11 Å². The summed E-state index contributed by atoms with van der Waals surface area (Å²) in [4.78, 5) is 12.2. The highest BCUT2D eigenvalue weighted by molar-refractivity contribution is 5.85. The molecule has 0 amide bonds. The molecule has 1 atom stereocenters. The summed E-state index contributed by atoms with van der Waals surface area (Å²) in [6, 6.07) is 9.35. The number of aliphatic hydroxyl groups is 1. The van der Waals surface area contributed by atoms with Crippen LogP contribution in [0.3, 0.4) is 0 Å². The molecule has 3 aromatic rings. The Labute approximate surface area is 104 Å². The SMILES string of the molecule is OC(c1ncccn1)c1cccc2cnccc12. The van der Waals surface area contributed by atoms with E-state index in [4.69, 9.17) is 0 Å². The van der Waals surface area contributed by atoms with Gasteiger partial charge in [0.1, 0.15) is 6.10 Å². The van der Waals surface area contributed by atoms with Gasteiger partial charge < -0.3 is 5.11 Å². The molecule has 2 aromatic heterocycles. The average molecular weight is 237 g/mol. The maximum atomic E-state index is 10.3. The number of hydrogen-bond donors (Lipinski definition) is 1. The van der Waals surface area contributed by atoms with E-state index < -0.39 is 6.10 Å². The van der Waals surface area contributed by atoms with Crippen molar-refractivity contribution in [3.8, 4) is 0 Å². The van der Waals surface area contributed by atoms with Crippen molar-refractivity contribution in [2.45, 2.75) is 6.10 Å². The Morgan fingerprint density at radius 2 is 1.78 bits per heavy atom. The number of nitrogens with zero attached hydrogens (tertiary/aromatic N) is 3. The van der Waals surface area contributed by atoms with E-state index in [0.717, 1.165) is 16.3 Å². The molecule has 4 heteroatoms. The number of benzene rings is 1. The summed E-state index contributed by atoms with van der Waals surface area (Å²) < 4.78 is 0. The molecule has 1 unspecified atom stereocenters. The van der Waals surface area contributed by atoms with E-state index in [1.54, 1.807) is 30.9 Å². The minimum absolute atomic E-state index is 0.404. The van der Waals surface area contributed by atoms with Gasteiger partial charge in [0.25, 0.3) is 0 Å². The second-order valence-electron chi connectivity index (χ2n) is 3.95. The van der Waals surface area contributed by atoms with E-state index in [0.29, 0.717) is 5.82 Å². The van der Waals surface area contributed by atoms with Crippen molar-refractivity contribution >= 4 is 10.8 Å². The summed E-state index contributed by atoms with van der Waals surface area (Å²) in [6.45, 7) is 0. The molecule has 4 nitrogen and oxygen atoms in total. The van der Waals surface area contributed by atoms with Crippen LogP contribution in [0.1, 0.15) is 17.5 Å². The van der Waals surface area contributed by atoms with Gasteiger partial charge in [0.05, 0.1) is 0 Å². The fourth-order valence-corrected chi connectivity index (χ4v) is 1.98. The highest BCUT2D eigenvalue weighted by atomic mass is 16.3. The molecule has 0 aliphatic carbocycles. The molecule has 0 spiro atoms. The quantitative estimate of drug-likeness (QED) is 0.741. The van der Waals surface area contributed by atoms with Gasteiger partial charge in [0, 0.05) is 30.2 Å². The first-order chi connectivity index (χ1) is 8.86. The van der Waals surface area contributed by atoms with Gasteiger partial charge in [-0.15, -0.1) is 0 Å². The molecule has 1 N–H and O–H groups in total. The molecule has 0 aliphatic heterocycles. The van der Waals surface area contributed by atoms with Crippen LogP contribution in [0, 0.1) is 0 Å². The number of rotatable bonds is 2. The molecule has 2 heterocycles. The van der Waals surface area contributed by atoms with Gasteiger partial charge >= 0.3 is 0 Å². The smallest absolute Gasteiger partial charge is 0.161 e. The molecule has 0 saturated carbocycles. The van der Waals surface area contributed by atoms with E-state index >= 15 is 0 Å². The molecule has 0 aliphatic rings. The predicted molar refractivity (Wildman–Crippen MR) is 67.8 cm³/mol. The number of fused-ring (bicyclic) bond motifs is 1. The molecule has 0 saturated heterocycles. The summed E-state index contributed by atoms with van der Waals surface area (Å²) >= 11 is 0. The van der Waals surface area contributed by atoms with Crippen molar-refractivity contribution in [3.05, 3.63) is 66.5 Å². The lowest BCUT2D eigenvalue weighted by Crippen LogP contribution is -2.05. The Morgan fingerprint density at radius 3 is 2.61 bits per heavy atom. The monoisotopic (exact) mass is 237 g/mol. The van der Waals surface area contributed by atoms with Crippen LogP contribution in [0.15, 0.2) is 55.1 Å². The van der Waals surface area contributed by atoms with E-state index in [2.05, 4.69) is 15.0 Å². The van der Waals surface area contributed by atoms with Gasteiger partial charge in [0.15, 0.2) is 5.82 Å². The minimum atomic E-state index is -0.822. The van der Waals surface area contributed by atoms with Crippen molar-refractivity contribution in [1.82, 2.24) is 15.0 Å². The summed E-state index contributed by atoms with van der Waals surface area (Å²) in [5, 5.41) is 12.3. The van der Waals surface area contributed by atoms with Crippen molar-refractivity contribution in [2.24, 2.45) is 0 Å². The summed E-state index contributed by atoms with van der Waals surface area (Å²) in [5.41, 5.74) is 0.793. The molecule has 1 aromatic carbocycles. The molecule has 0 radical (unpaired) electrons. The van der Waals surface area contributed by atoms with E-state index in [1.165, 1.54) is 0 Å². The van der Waals surface area contributed by atoms with Crippen molar-refractivity contribution in [2.75, 3.05) is 0 Å². The summed E-state index contributed by atoms with van der Waals surface area (Å²) in [5.74, 6) is 0.404. The van der Waals surface area contributed by atoms with Crippen LogP contribution < -0.4 is 0 Å². The van der Waals surface area contributed by atoms with Crippen LogP contribution in [-0.2, 0) is 0 Å². The molecular weight excluding hydrogens is 226 g/mol. The Hall–Kier alpha value is -2.33. The molecule has 0 bridgehead atoms. The zero-order chi connectivity index (χ0) is 12.4. The largest absolute Gasteiger partial charge is 0.380 e. The van der Waals surface area contributed by atoms with Crippen LogP contribution in [0.4, 0.5) is 0 Å². The molecule has 0 fully saturated rings. The van der Waals surface area contributed by atoms with Crippen LogP contribution in [0.25, 0.3) is 10.8 Å². The fraction of sp³-hybridized carbons (Fsp3) is 0.0714. The third-order valence-electron chi connectivity index (χ3n) is 2.84. The number of aromatic nitrogens is 3. The first kappa shape index (κ1) is 10.8. The van der Waals surface area contributed by atoms with Crippen molar-refractivity contribution in [1.29, 1.82) is 0 Å².